The summed E-state index contributed by atoms with van der Waals surface area (Å²) in [5.41, 5.74) is 0. The van der Waals surface area contributed by atoms with Gasteiger partial charge >= 0.3 is 6.18 Å². The Kier molecular flexibility index (Phi) is 3.40. The van der Waals surface area contributed by atoms with Crippen LogP contribution in [0.5, 0.6) is 0 Å². The SMILES string of the molecule is CCc1nc(C2CCCC(C(F)(F)F)C2)n[nH]1. The van der Waals surface area contributed by atoms with Crippen LogP contribution in [0.25, 0.3) is 0 Å². The average molecular weight is 247 g/mol. The van der Waals surface area contributed by atoms with Crippen molar-refractivity contribution in [3.05, 3.63) is 11.6 Å². The number of aryl methyl sites for hydroxylation is 1. The fourth-order valence-corrected chi connectivity index (χ4v) is 2.37. The third-order valence-electron chi connectivity index (χ3n) is 3.39. The van der Waals surface area contributed by atoms with E-state index < -0.39 is 12.1 Å². The number of alkyl halides is 3. The fraction of sp³-hybridized carbons (Fsp3) is 0.818. The average Bonchev–Trinajstić information content (AvgIpc) is 2.76. The number of H-pyrrole nitrogens is 1. The molecule has 3 nitrogen and oxygen atoms in total. The van der Waals surface area contributed by atoms with E-state index >= 15 is 0 Å². The molecule has 1 fully saturated rings. The van der Waals surface area contributed by atoms with Crippen molar-refractivity contribution in [2.75, 3.05) is 0 Å². The molecule has 17 heavy (non-hydrogen) atoms. The Hall–Kier alpha value is -1.07. The maximum Gasteiger partial charge on any atom is 0.391 e. The second-order valence-electron chi connectivity index (χ2n) is 4.60. The predicted octanol–water partition coefficient (Wildman–Crippen LogP) is 3.20. The van der Waals surface area contributed by atoms with Crippen molar-refractivity contribution in [2.45, 2.75) is 51.1 Å². The Morgan fingerprint density at radius 1 is 1.35 bits per heavy atom. The van der Waals surface area contributed by atoms with Crippen LogP contribution in [-0.2, 0) is 6.42 Å². The van der Waals surface area contributed by atoms with Gasteiger partial charge in [-0.25, -0.2) is 4.98 Å². The number of nitrogens with one attached hydrogen (secondary N) is 1. The Morgan fingerprint density at radius 2 is 2.12 bits per heavy atom. The highest BCUT2D eigenvalue weighted by Gasteiger charge is 2.43. The summed E-state index contributed by atoms with van der Waals surface area (Å²) in [4.78, 5) is 4.23. The summed E-state index contributed by atoms with van der Waals surface area (Å²) in [7, 11) is 0. The zero-order valence-electron chi connectivity index (χ0n) is 9.72. The lowest BCUT2D eigenvalue weighted by atomic mass is 9.80. The molecule has 0 saturated heterocycles. The zero-order valence-corrected chi connectivity index (χ0v) is 9.72. The van der Waals surface area contributed by atoms with E-state index in [9.17, 15) is 13.2 Å². The van der Waals surface area contributed by atoms with Gasteiger partial charge in [-0.1, -0.05) is 13.3 Å². The molecule has 2 rings (SSSR count). The number of nitrogens with zero attached hydrogens (tertiary/aromatic N) is 2. The van der Waals surface area contributed by atoms with Crippen LogP contribution in [0.4, 0.5) is 13.2 Å². The second-order valence-corrected chi connectivity index (χ2v) is 4.60. The quantitative estimate of drug-likeness (QED) is 0.871. The van der Waals surface area contributed by atoms with E-state index in [0.717, 1.165) is 18.7 Å². The van der Waals surface area contributed by atoms with Crippen LogP contribution in [0.1, 0.15) is 50.2 Å². The van der Waals surface area contributed by atoms with E-state index in [0.29, 0.717) is 12.2 Å². The molecule has 0 aliphatic heterocycles. The van der Waals surface area contributed by atoms with E-state index in [1.54, 1.807) is 0 Å². The zero-order chi connectivity index (χ0) is 12.5. The Morgan fingerprint density at radius 3 is 2.71 bits per heavy atom. The van der Waals surface area contributed by atoms with E-state index in [4.69, 9.17) is 0 Å². The van der Waals surface area contributed by atoms with Crippen molar-refractivity contribution in [3.8, 4) is 0 Å². The second kappa shape index (κ2) is 4.66. The first-order chi connectivity index (χ1) is 8.00. The summed E-state index contributed by atoms with van der Waals surface area (Å²) in [5.74, 6) is -0.0401. The minimum atomic E-state index is -4.08. The van der Waals surface area contributed by atoms with Gasteiger partial charge in [0.25, 0.3) is 0 Å². The molecule has 1 heterocycles. The molecule has 1 saturated carbocycles. The first-order valence-electron chi connectivity index (χ1n) is 5.98. The Bertz CT molecular complexity index is 372. The van der Waals surface area contributed by atoms with Gasteiger partial charge in [-0.2, -0.15) is 18.3 Å². The molecule has 1 N–H and O–H groups in total. The molecule has 2 unspecified atom stereocenters. The molecule has 1 aromatic rings. The van der Waals surface area contributed by atoms with Crippen molar-refractivity contribution in [3.63, 3.8) is 0 Å². The van der Waals surface area contributed by atoms with E-state index in [1.165, 1.54) is 0 Å². The van der Waals surface area contributed by atoms with Gasteiger partial charge in [0.05, 0.1) is 5.92 Å². The van der Waals surface area contributed by atoms with Gasteiger partial charge in [-0.15, -0.1) is 0 Å². The highest BCUT2D eigenvalue weighted by atomic mass is 19.4. The molecule has 2 atom stereocenters. The third kappa shape index (κ3) is 2.79. The number of halogens is 3. The van der Waals surface area contributed by atoms with Gasteiger partial charge in [-0.05, 0) is 19.3 Å². The van der Waals surface area contributed by atoms with Crippen LogP contribution in [0.3, 0.4) is 0 Å². The smallest absolute Gasteiger partial charge is 0.263 e. The van der Waals surface area contributed by atoms with Crippen molar-refractivity contribution >= 4 is 0 Å². The Labute approximate surface area is 97.8 Å². The highest BCUT2D eigenvalue weighted by molar-refractivity contribution is 5.00. The first kappa shape index (κ1) is 12.4. The molecular weight excluding hydrogens is 231 g/mol. The van der Waals surface area contributed by atoms with E-state index in [2.05, 4.69) is 15.2 Å². The molecule has 0 radical (unpaired) electrons. The van der Waals surface area contributed by atoms with Crippen LogP contribution < -0.4 is 0 Å². The maximum atomic E-state index is 12.7. The van der Waals surface area contributed by atoms with Gasteiger partial charge < -0.3 is 0 Å². The molecule has 0 aromatic carbocycles. The summed E-state index contributed by atoms with van der Waals surface area (Å²) in [6.07, 6.45) is -1.63. The highest BCUT2D eigenvalue weighted by Crippen LogP contribution is 2.42. The lowest BCUT2D eigenvalue weighted by molar-refractivity contribution is -0.183. The number of aromatic amines is 1. The van der Waals surface area contributed by atoms with Crippen LogP contribution in [0, 0.1) is 5.92 Å². The minimum Gasteiger partial charge on any atom is -0.263 e. The van der Waals surface area contributed by atoms with Gasteiger partial charge in [0, 0.05) is 12.3 Å². The molecule has 1 aromatic heterocycles. The lowest BCUT2D eigenvalue weighted by Crippen LogP contribution is -2.28. The summed E-state index contributed by atoms with van der Waals surface area (Å²) in [6.45, 7) is 1.93. The van der Waals surface area contributed by atoms with Crippen LogP contribution in [0.15, 0.2) is 0 Å². The van der Waals surface area contributed by atoms with Crippen LogP contribution in [-0.4, -0.2) is 21.4 Å². The van der Waals surface area contributed by atoms with Gasteiger partial charge in [0.15, 0.2) is 5.82 Å². The molecule has 1 aliphatic rings. The topological polar surface area (TPSA) is 41.6 Å². The maximum absolute atomic E-state index is 12.7. The molecule has 96 valence electrons. The normalized spacial score (nSPS) is 26.1. The monoisotopic (exact) mass is 247 g/mol. The molecule has 1 aliphatic carbocycles. The number of hydrogen-bond donors (Lipinski definition) is 1. The number of hydrogen-bond acceptors (Lipinski definition) is 2. The number of rotatable bonds is 2. The third-order valence-corrected chi connectivity index (χ3v) is 3.39. The fourth-order valence-electron chi connectivity index (χ4n) is 2.37. The predicted molar refractivity (Wildman–Crippen MR) is 56.5 cm³/mol. The number of aromatic nitrogens is 3. The van der Waals surface area contributed by atoms with Gasteiger partial charge in [0.1, 0.15) is 5.82 Å². The molecule has 0 amide bonds. The summed E-state index contributed by atoms with van der Waals surface area (Å²) in [5, 5.41) is 6.79. The van der Waals surface area contributed by atoms with Gasteiger partial charge in [0.2, 0.25) is 0 Å². The largest absolute Gasteiger partial charge is 0.391 e. The molecular formula is C11H16F3N3. The molecule has 0 spiro atoms. The van der Waals surface area contributed by atoms with Gasteiger partial charge in [-0.3, -0.25) is 5.10 Å². The minimum absolute atomic E-state index is 0.129. The van der Waals surface area contributed by atoms with Crippen molar-refractivity contribution in [2.24, 2.45) is 5.92 Å². The van der Waals surface area contributed by atoms with E-state index in [-0.39, 0.29) is 18.8 Å². The van der Waals surface area contributed by atoms with Crippen molar-refractivity contribution < 1.29 is 13.2 Å². The summed E-state index contributed by atoms with van der Waals surface area (Å²) in [6, 6.07) is 0. The standard InChI is InChI=1S/C11H16F3N3/c1-2-9-15-10(17-16-9)7-4-3-5-8(6-7)11(12,13)14/h7-8H,2-6H2,1H3,(H,15,16,17). The first-order valence-corrected chi connectivity index (χ1v) is 5.98. The van der Waals surface area contributed by atoms with Crippen LogP contribution in [0.2, 0.25) is 0 Å². The summed E-state index contributed by atoms with van der Waals surface area (Å²) < 4.78 is 38.0. The molecule has 0 bridgehead atoms. The Balaban J connectivity index is 2.06. The lowest BCUT2D eigenvalue weighted by Gasteiger charge is -2.28. The van der Waals surface area contributed by atoms with E-state index in [1.807, 2.05) is 6.92 Å². The van der Waals surface area contributed by atoms with Crippen molar-refractivity contribution in [1.82, 2.24) is 15.2 Å². The van der Waals surface area contributed by atoms with Crippen LogP contribution >= 0.6 is 0 Å². The summed E-state index contributed by atoms with van der Waals surface area (Å²) >= 11 is 0. The van der Waals surface area contributed by atoms with Crippen molar-refractivity contribution in [1.29, 1.82) is 0 Å². The molecule has 6 heteroatoms.